The molecule has 0 spiro atoms. The zero-order valence-electron chi connectivity index (χ0n) is 15.5. The minimum Gasteiger partial charge on any atom is -0.484 e. The number of carbonyl (C=O) groups is 2. The molecule has 0 radical (unpaired) electrons. The fourth-order valence-corrected chi connectivity index (χ4v) is 2.22. The molecule has 1 atom stereocenters. The molecule has 2 aromatic rings. The monoisotopic (exact) mass is 354 g/mol. The Kier molecular flexibility index (Phi) is 7.21. The first-order valence-corrected chi connectivity index (χ1v) is 8.80. The van der Waals surface area contributed by atoms with Crippen LogP contribution in [0, 0.1) is 5.92 Å². The number of carbonyl (C=O) groups excluding carboxylic acids is 2. The molecule has 0 fully saturated rings. The van der Waals surface area contributed by atoms with Gasteiger partial charge in [0.2, 0.25) is 0 Å². The van der Waals surface area contributed by atoms with Crippen molar-refractivity contribution < 1.29 is 14.3 Å². The van der Waals surface area contributed by atoms with E-state index in [0.717, 1.165) is 5.56 Å². The van der Waals surface area contributed by atoms with E-state index in [1.165, 1.54) is 0 Å². The van der Waals surface area contributed by atoms with Crippen molar-refractivity contribution in [2.24, 2.45) is 5.92 Å². The highest BCUT2D eigenvalue weighted by atomic mass is 16.5. The molecule has 0 aliphatic rings. The maximum atomic E-state index is 12.3. The third-order valence-corrected chi connectivity index (χ3v) is 4.15. The fraction of sp³-hybridized carbons (Fsp3) is 0.333. The third-order valence-electron chi connectivity index (χ3n) is 4.15. The summed E-state index contributed by atoms with van der Waals surface area (Å²) in [6.45, 7) is 6.43. The Morgan fingerprint density at radius 3 is 2.42 bits per heavy atom. The Bertz CT molecular complexity index is 729. The number of hydrogen-bond donors (Lipinski definition) is 2. The summed E-state index contributed by atoms with van der Waals surface area (Å²) < 4.78 is 5.51. The fourth-order valence-electron chi connectivity index (χ4n) is 2.22. The summed E-state index contributed by atoms with van der Waals surface area (Å²) in [6.07, 6.45) is 0. The highest BCUT2D eigenvalue weighted by molar-refractivity contribution is 5.94. The van der Waals surface area contributed by atoms with Crippen LogP contribution in [-0.4, -0.2) is 24.5 Å². The quantitative estimate of drug-likeness (QED) is 0.765. The highest BCUT2D eigenvalue weighted by Gasteiger charge is 2.12. The Balaban J connectivity index is 1.86. The van der Waals surface area contributed by atoms with Gasteiger partial charge < -0.3 is 15.4 Å². The largest absolute Gasteiger partial charge is 0.484 e. The van der Waals surface area contributed by atoms with Crippen LogP contribution in [0.15, 0.2) is 54.6 Å². The van der Waals surface area contributed by atoms with E-state index in [2.05, 4.69) is 10.6 Å². The van der Waals surface area contributed by atoms with Crippen molar-refractivity contribution >= 4 is 11.8 Å². The lowest BCUT2D eigenvalue weighted by atomic mass is 10.1. The second-order valence-electron chi connectivity index (χ2n) is 6.58. The Labute approximate surface area is 154 Å². The molecular formula is C21H26N2O3. The zero-order valence-corrected chi connectivity index (χ0v) is 15.5. The second kappa shape index (κ2) is 9.61. The lowest BCUT2D eigenvalue weighted by Gasteiger charge is -2.17. The molecule has 5 heteroatoms. The summed E-state index contributed by atoms with van der Waals surface area (Å²) in [4.78, 5) is 24.2. The SMILES string of the molecule is CC(C)[C@@H](C)NC(=O)COc1cccc(C(=O)NCc2ccccc2)c1. The molecule has 2 amide bonds. The zero-order chi connectivity index (χ0) is 18.9. The van der Waals surface area contributed by atoms with E-state index in [9.17, 15) is 9.59 Å². The maximum Gasteiger partial charge on any atom is 0.258 e. The van der Waals surface area contributed by atoms with Crippen molar-refractivity contribution in [2.45, 2.75) is 33.4 Å². The first-order valence-electron chi connectivity index (χ1n) is 8.80. The van der Waals surface area contributed by atoms with E-state index in [1.54, 1.807) is 24.3 Å². The Morgan fingerprint density at radius 1 is 1.00 bits per heavy atom. The van der Waals surface area contributed by atoms with E-state index in [0.29, 0.717) is 23.8 Å². The molecule has 138 valence electrons. The molecule has 0 aliphatic heterocycles. The summed E-state index contributed by atoms with van der Waals surface area (Å²) in [6, 6.07) is 16.6. The van der Waals surface area contributed by atoms with Crippen molar-refractivity contribution in [1.29, 1.82) is 0 Å². The van der Waals surface area contributed by atoms with Crippen molar-refractivity contribution in [2.75, 3.05) is 6.61 Å². The van der Waals surface area contributed by atoms with Gasteiger partial charge in [-0.1, -0.05) is 50.2 Å². The number of ether oxygens (including phenoxy) is 1. The summed E-state index contributed by atoms with van der Waals surface area (Å²) in [5.74, 6) is 0.489. The predicted molar refractivity (Wildman–Crippen MR) is 102 cm³/mol. The lowest BCUT2D eigenvalue weighted by Crippen LogP contribution is -2.38. The molecule has 0 saturated heterocycles. The molecule has 0 heterocycles. The van der Waals surface area contributed by atoms with Crippen LogP contribution in [0.2, 0.25) is 0 Å². The van der Waals surface area contributed by atoms with Crippen molar-refractivity contribution in [3.63, 3.8) is 0 Å². The van der Waals surface area contributed by atoms with E-state index < -0.39 is 0 Å². The minimum atomic E-state index is -0.183. The molecular weight excluding hydrogens is 328 g/mol. The second-order valence-corrected chi connectivity index (χ2v) is 6.58. The highest BCUT2D eigenvalue weighted by Crippen LogP contribution is 2.13. The van der Waals surface area contributed by atoms with Crippen LogP contribution < -0.4 is 15.4 Å². The van der Waals surface area contributed by atoms with E-state index in [4.69, 9.17) is 4.74 Å². The predicted octanol–water partition coefficient (Wildman–Crippen LogP) is 3.16. The molecule has 2 aromatic carbocycles. The smallest absolute Gasteiger partial charge is 0.258 e. The van der Waals surface area contributed by atoms with Crippen molar-refractivity contribution in [3.05, 3.63) is 65.7 Å². The van der Waals surface area contributed by atoms with Gasteiger partial charge >= 0.3 is 0 Å². The number of rotatable bonds is 8. The van der Waals surface area contributed by atoms with Crippen LogP contribution in [0.1, 0.15) is 36.7 Å². The molecule has 0 bridgehead atoms. The van der Waals surface area contributed by atoms with Gasteiger partial charge in [0.25, 0.3) is 11.8 Å². The summed E-state index contributed by atoms with van der Waals surface area (Å²) in [7, 11) is 0. The summed E-state index contributed by atoms with van der Waals surface area (Å²) >= 11 is 0. The first kappa shape index (κ1) is 19.5. The molecule has 0 aliphatic carbocycles. The van der Waals surface area contributed by atoms with Gasteiger partial charge in [0.15, 0.2) is 6.61 Å². The topological polar surface area (TPSA) is 67.4 Å². The lowest BCUT2D eigenvalue weighted by molar-refractivity contribution is -0.124. The van der Waals surface area contributed by atoms with E-state index >= 15 is 0 Å². The van der Waals surface area contributed by atoms with Gasteiger partial charge in [0, 0.05) is 18.2 Å². The van der Waals surface area contributed by atoms with Gasteiger partial charge in [-0.15, -0.1) is 0 Å². The van der Waals surface area contributed by atoms with Gasteiger partial charge in [-0.3, -0.25) is 9.59 Å². The van der Waals surface area contributed by atoms with Gasteiger partial charge in [0.1, 0.15) is 5.75 Å². The molecule has 0 unspecified atom stereocenters. The van der Waals surface area contributed by atoms with Crippen LogP contribution in [0.5, 0.6) is 5.75 Å². The third kappa shape index (κ3) is 6.24. The van der Waals surface area contributed by atoms with Crippen LogP contribution in [0.25, 0.3) is 0 Å². The van der Waals surface area contributed by atoms with Crippen LogP contribution in [0.3, 0.4) is 0 Å². The maximum absolute atomic E-state index is 12.3. The van der Waals surface area contributed by atoms with Crippen LogP contribution in [0.4, 0.5) is 0 Å². The summed E-state index contributed by atoms with van der Waals surface area (Å²) in [5.41, 5.74) is 1.53. The van der Waals surface area contributed by atoms with E-state index in [-0.39, 0.29) is 24.5 Å². The average molecular weight is 354 g/mol. The van der Waals surface area contributed by atoms with Gasteiger partial charge in [-0.05, 0) is 36.6 Å². The molecule has 0 aromatic heterocycles. The normalized spacial score (nSPS) is 11.7. The number of hydrogen-bond acceptors (Lipinski definition) is 3. The molecule has 2 N–H and O–H groups in total. The van der Waals surface area contributed by atoms with Crippen LogP contribution in [-0.2, 0) is 11.3 Å². The number of amides is 2. The number of benzene rings is 2. The molecule has 2 rings (SSSR count). The van der Waals surface area contributed by atoms with E-state index in [1.807, 2.05) is 51.1 Å². The van der Waals surface area contributed by atoms with Gasteiger partial charge in [-0.2, -0.15) is 0 Å². The minimum absolute atomic E-state index is 0.0772. The standard InChI is InChI=1S/C21H26N2O3/c1-15(2)16(3)23-20(24)14-26-19-11-7-10-18(12-19)21(25)22-13-17-8-5-4-6-9-17/h4-12,15-16H,13-14H2,1-3H3,(H,22,25)(H,23,24)/t16-/m1/s1. The number of nitrogens with one attached hydrogen (secondary N) is 2. The molecule has 5 nitrogen and oxygen atoms in total. The molecule has 0 saturated carbocycles. The van der Waals surface area contributed by atoms with Gasteiger partial charge in [0.05, 0.1) is 0 Å². The van der Waals surface area contributed by atoms with Gasteiger partial charge in [-0.25, -0.2) is 0 Å². The molecule has 26 heavy (non-hydrogen) atoms. The van der Waals surface area contributed by atoms with Crippen molar-refractivity contribution in [3.8, 4) is 5.75 Å². The Morgan fingerprint density at radius 2 is 1.73 bits per heavy atom. The first-order chi connectivity index (χ1) is 12.5. The van der Waals surface area contributed by atoms with Crippen molar-refractivity contribution in [1.82, 2.24) is 10.6 Å². The average Bonchev–Trinajstić information content (AvgIpc) is 2.65. The van der Waals surface area contributed by atoms with Crippen LogP contribution >= 0.6 is 0 Å². The Hall–Kier alpha value is -2.82. The summed E-state index contributed by atoms with van der Waals surface area (Å²) in [5, 5.41) is 5.75.